The molecule has 0 spiro atoms. The number of nitrogens with one attached hydrogen (secondary N) is 2. The first-order chi connectivity index (χ1) is 8.60. The second kappa shape index (κ2) is 5.05. The minimum atomic E-state index is -0.420. The Morgan fingerprint density at radius 2 is 2.33 bits per heavy atom. The highest BCUT2D eigenvalue weighted by Gasteiger charge is 2.11. The van der Waals surface area contributed by atoms with Gasteiger partial charge in [0.1, 0.15) is 5.75 Å². The lowest BCUT2D eigenvalue weighted by Crippen LogP contribution is -2.13. The van der Waals surface area contributed by atoms with Crippen LogP contribution in [0.4, 0.5) is 11.6 Å². The van der Waals surface area contributed by atoms with Gasteiger partial charge in [0.2, 0.25) is 11.8 Å². The second-order valence-corrected chi connectivity index (χ2v) is 4.20. The summed E-state index contributed by atoms with van der Waals surface area (Å²) in [6.07, 6.45) is 0. The van der Waals surface area contributed by atoms with Crippen molar-refractivity contribution in [1.29, 1.82) is 0 Å². The molecule has 0 fully saturated rings. The number of carbonyl (C=O) groups is 1. The van der Waals surface area contributed by atoms with Gasteiger partial charge in [0.05, 0.1) is 11.6 Å². The largest absolute Gasteiger partial charge is 0.496 e. The van der Waals surface area contributed by atoms with E-state index in [9.17, 15) is 4.79 Å². The number of carbonyl (C=O) groups excluding carboxylic acids is 1. The molecular formula is C10H10BrN5O2. The van der Waals surface area contributed by atoms with Crippen molar-refractivity contribution >= 4 is 33.5 Å². The van der Waals surface area contributed by atoms with Gasteiger partial charge in [-0.3, -0.25) is 9.89 Å². The monoisotopic (exact) mass is 311 g/mol. The van der Waals surface area contributed by atoms with Crippen LogP contribution in [0, 0.1) is 0 Å². The molecule has 0 saturated heterocycles. The zero-order valence-electron chi connectivity index (χ0n) is 9.40. The SMILES string of the molecule is COc1ccc(NC(=O)c2nc(N)n[nH]2)cc1Br. The van der Waals surface area contributed by atoms with E-state index in [1.807, 2.05) is 0 Å². The van der Waals surface area contributed by atoms with Crippen LogP contribution in [-0.2, 0) is 0 Å². The summed E-state index contributed by atoms with van der Waals surface area (Å²) in [6, 6.07) is 5.16. The Morgan fingerprint density at radius 1 is 1.56 bits per heavy atom. The van der Waals surface area contributed by atoms with Crippen molar-refractivity contribution in [1.82, 2.24) is 15.2 Å². The Morgan fingerprint density at radius 3 is 2.89 bits per heavy atom. The molecule has 0 atom stereocenters. The number of benzene rings is 1. The number of rotatable bonds is 3. The number of anilines is 2. The number of hydrogen-bond donors (Lipinski definition) is 3. The third-order valence-electron chi connectivity index (χ3n) is 2.13. The highest BCUT2D eigenvalue weighted by atomic mass is 79.9. The van der Waals surface area contributed by atoms with Gasteiger partial charge in [-0.15, -0.1) is 5.10 Å². The van der Waals surface area contributed by atoms with E-state index in [-0.39, 0.29) is 11.8 Å². The molecule has 0 aliphatic carbocycles. The molecule has 0 radical (unpaired) electrons. The number of methoxy groups -OCH3 is 1. The van der Waals surface area contributed by atoms with E-state index in [2.05, 4.69) is 36.4 Å². The van der Waals surface area contributed by atoms with Crippen molar-refractivity contribution in [2.75, 3.05) is 18.2 Å². The van der Waals surface area contributed by atoms with Crippen molar-refractivity contribution in [3.05, 3.63) is 28.5 Å². The second-order valence-electron chi connectivity index (χ2n) is 3.35. The number of aromatic nitrogens is 3. The lowest BCUT2D eigenvalue weighted by atomic mass is 10.3. The van der Waals surface area contributed by atoms with Gasteiger partial charge in [0.15, 0.2) is 0 Å². The fourth-order valence-corrected chi connectivity index (χ4v) is 1.85. The maximum absolute atomic E-state index is 11.7. The molecule has 2 aromatic rings. The number of aromatic amines is 1. The summed E-state index contributed by atoms with van der Waals surface area (Å²) in [5, 5.41) is 8.65. The molecule has 1 aromatic carbocycles. The number of nitrogens with two attached hydrogens (primary N) is 1. The molecular weight excluding hydrogens is 302 g/mol. The topological polar surface area (TPSA) is 106 Å². The van der Waals surface area contributed by atoms with Crippen molar-refractivity contribution < 1.29 is 9.53 Å². The van der Waals surface area contributed by atoms with E-state index in [0.29, 0.717) is 11.4 Å². The molecule has 4 N–H and O–H groups in total. The highest BCUT2D eigenvalue weighted by molar-refractivity contribution is 9.10. The van der Waals surface area contributed by atoms with Crippen molar-refractivity contribution in [3.63, 3.8) is 0 Å². The molecule has 0 bridgehead atoms. The molecule has 94 valence electrons. The quantitative estimate of drug-likeness (QED) is 0.794. The summed E-state index contributed by atoms with van der Waals surface area (Å²) in [5.41, 5.74) is 5.91. The molecule has 0 aliphatic heterocycles. The van der Waals surface area contributed by atoms with Crippen LogP contribution in [0.5, 0.6) is 5.75 Å². The van der Waals surface area contributed by atoms with Gasteiger partial charge in [-0.05, 0) is 34.1 Å². The first-order valence-corrected chi connectivity index (χ1v) is 5.72. The normalized spacial score (nSPS) is 10.1. The van der Waals surface area contributed by atoms with E-state index in [4.69, 9.17) is 10.5 Å². The van der Waals surface area contributed by atoms with Crippen molar-refractivity contribution in [2.45, 2.75) is 0 Å². The number of ether oxygens (including phenoxy) is 1. The first-order valence-electron chi connectivity index (χ1n) is 4.93. The van der Waals surface area contributed by atoms with E-state index in [1.54, 1.807) is 25.3 Å². The zero-order chi connectivity index (χ0) is 13.1. The molecule has 18 heavy (non-hydrogen) atoms. The Hall–Kier alpha value is -2.09. The molecule has 7 nitrogen and oxygen atoms in total. The van der Waals surface area contributed by atoms with Crippen LogP contribution < -0.4 is 15.8 Å². The summed E-state index contributed by atoms with van der Waals surface area (Å²) in [7, 11) is 1.57. The van der Waals surface area contributed by atoms with Gasteiger partial charge in [0.25, 0.3) is 5.91 Å². The van der Waals surface area contributed by atoms with Crippen LogP contribution in [0.3, 0.4) is 0 Å². The number of amides is 1. The molecule has 0 aliphatic rings. The molecule has 0 saturated carbocycles. The van der Waals surface area contributed by atoms with Gasteiger partial charge in [0, 0.05) is 5.69 Å². The summed E-state index contributed by atoms with van der Waals surface area (Å²) in [5.74, 6) is 0.337. The highest BCUT2D eigenvalue weighted by Crippen LogP contribution is 2.27. The van der Waals surface area contributed by atoms with Crippen LogP contribution >= 0.6 is 15.9 Å². The lowest BCUT2D eigenvalue weighted by molar-refractivity contribution is 0.101. The van der Waals surface area contributed by atoms with Crippen LogP contribution in [0.1, 0.15) is 10.6 Å². The predicted octanol–water partition coefficient (Wildman–Crippen LogP) is 1.41. The van der Waals surface area contributed by atoms with E-state index >= 15 is 0 Å². The smallest absolute Gasteiger partial charge is 0.293 e. The van der Waals surface area contributed by atoms with E-state index in [0.717, 1.165) is 4.47 Å². The van der Waals surface area contributed by atoms with E-state index < -0.39 is 5.91 Å². The third kappa shape index (κ3) is 2.59. The fraction of sp³-hybridized carbons (Fsp3) is 0.100. The summed E-state index contributed by atoms with van der Waals surface area (Å²) in [4.78, 5) is 15.5. The average molecular weight is 312 g/mol. The van der Waals surface area contributed by atoms with Crippen molar-refractivity contribution in [2.24, 2.45) is 0 Å². The van der Waals surface area contributed by atoms with Crippen LogP contribution in [-0.4, -0.2) is 28.2 Å². The van der Waals surface area contributed by atoms with Crippen LogP contribution in [0.25, 0.3) is 0 Å². The number of halogens is 1. The summed E-state index contributed by atoms with van der Waals surface area (Å²) >= 11 is 3.33. The number of H-pyrrole nitrogens is 1. The fourth-order valence-electron chi connectivity index (χ4n) is 1.31. The Bertz CT molecular complexity index is 583. The Kier molecular flexibility index (Phi) is 3.47. The predicted molar refractivity (Wildman–Crippen MR) is 69.4 cm³/mol. The van der Waals surface area contributed by atoms with Gasteiger partial charge < -0.3 is 15.8 Å². The van der Waals surface area contributed by atoms with Gasteiger partial charge >= 0.3 is 0 Å². The van der Waals surface area contributed by atoms with Crippen LogP contribution in [0.15, 0.2) is 22.7 Å². The van der Waals surface area contributed by atoms with Crippen molar-refractivity contribution in [3.8, 4) is 5.75 Å². The number of nitrogens with zero attached hydrogens (tertiary/aromatic N) is 2. The molecule has 1 aromatic heterocycles. The van der Waals surface area contributed by atoms with Gasteiger partial charge in [-0.2, -0.15) is 4.98 Å². The lowest BCUT2D eigenvalue weighted by Gasteiger charge is -2.06. The van der Waals surface area contributed by atoms with Gasteiger partial charge in [-0.1, -0.05) is 0 Å². The molecule has 8 heteroatoms. The minimum Gasteiger partial charge on any atom is -0.496 e. The van der Waals surface area contributed by atoms with Crippen LogP contribution in [0.2, 0.25) is 0 Å². The summed E-state index contributed by atoms with van der Waals surface area (Å²) in [6.45, 7) is 0. The zero-order valence-corrected chi connectivity index (χ0v) is 11.0. The molecule has 1 amide bonds. The maximum Gasteiger partial charge on any atom is 0.293 e. The standard InChI is InChI=1S/C10H10BrN5O2/c1-18-7-3-2-5(4-6(7)11)13-9(17)8-14-10(12)16-15-8/h2-4H,1H3,(H,13,17)(H3,12,14,15,16). The molecule has 1 heterocycles. The Labute approximate surface area is 111 Å². The number of hydrogen-bond acceptors (Lipinski definition) is 5. The first kappa shape index (κ1) is 12.4. The average Bonchev–Trinajstić information content (AvgIpc) is 2.76. The minimum absolute atomic E-state index is 0.0241. The maximum atomic E-state index is 11.7. The Balaban J connectivity index is 2.14. The third-order valence-corrected chi connectivity index (χ3v) is 2.75. The molecule has 2 rings (SSSR count). The number of nitrogen functional groups attached to an aromatic ring is 1. The van der Waals surface area contributed by atoms with E-state index in [1.165, 1.54) is 0 Å². The van der Waals surface area contributed by atoms with Gasteiger partial charge in [-0.25, -0.2) is 0 Å². The molecule has 0 unspecified atom stereocenters. The summed E-state index contributed by atoms with van der Waals surface area (Å²) < 4.78 is 5.82.